The largest absolute Gasteiger partial charge is 0.302 e. The topological polar surface area (TPSA) is 29.1 Å². The van der Waals surface area contributed by atoms with Crippen LogP contribution in [0.3, 0.4) is 0 Å². The lowest BCUT2D eigenvalue weighted by atomic mass is 9.75. The van der Waals surface area contributed by atoms with E-state index in [9.17, 15) is 4.79 Å². The molecule has 1 aliphatic rings. The third kappa shape index (κ3) is 4.72. The maximum Gasteiger partial charge on any atom is 0.155 e. The molecule has 1 rings (SSSR count). The molecule has 1 saturated carbocycles. The fourth-order valence-electron chi connectivity index (χ4n) is 2.80. The summed E-state index contributed by atoms with van der Waals surface area (Å²) >= 11 is 0. The van der Waals surface area contributed by atoms with E-state index in [4.69, 9.17) is 0 Å². The number of ketones is 1. The molecular formula is C16H31NO. The predicted molar refractivity (Wildman–Crippen MR) is 77.7 cm³/mol. The number of hydrogen-bond acceptors (Lipinski definition) is 2. The van der Waals surface area contributed by atoms with Crippen molar-refractivity contribution in [3.05, 3.63) is 0 Å². The summed E-state index contributed by atoms with van der Waals surface area (Å²) in [4.78, 5) is 12.7. The molecule has 0 bridgehead atoms. The smallest absolute Gasteiger partial charge is 0.155 e. The van der Waals surface area contributed by atoms with Gasteiger partial charge in [0.1, 0.15) is 0 Å². The Morgan fingerprint density at radius 2 is 1.50 bits per heavy atom. The lowest BCUT2D eigenvalue weighted by molar-refractivity contribution is -0.130. The molecule has 0 radical (unpaired) electrons. The molecular weight excluding hydrogens is 222 g/mol. The Labute approximate surface area is 113 Å². The average Bonchev–Trinajstić information content (AvgIpc) is 2.24. The van der Waals surface area contributed by atoms with Crippen LogP contribution in [0.4, 0.5) is 0 Å². The average molecular weight is 253 g/mol. The molecule has 0 spiro atoms. The van der Waals surface area contributed by atoms with Crippen LogP contribution in [0, 0.1) is 11.3 Å². The van der Waals surface area contributed by atoms with E-state index >= 15 is 0 Å². The first-order valence-electron chi connectivity index (χ1n) is 7.43. The summed E-state index contributed by atoms with van der Waals surface area (Å²) < 4.78 is 0. The second-order valence-corrected chi connectivity index (χ2v) is 7.88. The van der Waals surface area contributed by atoms with Crippen molar-refractivity contribution in [2.24, 2.45) is 11.3 Å². The minimum Gasteiger partial charge on any atom is -0.302 e. The Morgan fingerprint density at radius 1 is 1.00 bits per heavy atom. The highest BCUT2D eigenvalue weighted by Gasteiger charge is 2.37. The fraction of sp³-hybridized carbons (Fsp3) is 0.938. The third-order valence-corrected chi connectivity index (χ3v) is 3.73. The lowest BCUT2D eigenvalue weighted by Gasteiger charge is -2.38. The van der Waals surface area contributed by atoms with Crippen molar-refractivity contribution in [2.45, 2.75) is 85.2 Å². The molecule has 0 aliphatic heterocycles. The summed E-state index contributed by atoms with van der Waals surface area (Å²) in [5.74, 6) is 0.911. The molecule has 0 unspecified atom stereocenters. The summed E-state index contributed by atoms with van der Waals surface area (Å²) in [6.45, 7) is 12.6. The van der Waals surface area contributed by atoms with Crippen molar-refractivity contribution in [2.75, 3.05) is 0 Å². The number of rotatable bonds is 3. The van der Waals surface area contributed by atoms with Gasteiger partial charge in [0.15, 0.2) is 5.78 Å². The van der Waals surface area contributed by atoms with Crippen molar-refractivity contribution in [3.63, 3.8) is 0 Å². The molecule has 1 N–H and O–H groups in total. The van der Waals surface area contributed by atoms with Crippen molar-refractivity contribution in [1.82, 2.24) is 5.32 Å². The Hall–Kier alpha value is -0.370. The quantitative estimate of drug-likeness (QED) is 0.825. The fourth-order valence-corrected chi connectivity index (χ4v) is 2.80. The number of hydrogen-bond donors (Lipinski definition) is 1. The van der Waals surface area contributed by atoms with Gasteiger partial charge in [-0.3, -0.25) is 4.79 Å². The second-order valence-electron chi connectivity index (χ2n) is 7.88. The summed E-state index contributed by atoms with van der Waals surface area (Å²) in [5.41, 5.74) is -0.247. The van der Waals surface area contributed by atoms with E-state index < -0.39 is 0 Å². The Balaban J connectivity index is 2.83. The molecule has 2 nitrogen and oxygen atoms in total. The van der Waals surface area contributed by atoms with E-state index in [1.165, 1.54) is 32.1 Å². The normalized spacial score (nSPS) is 20.8. The molecule has 18 heavy (non-hydrogen) atoms. The number of carbonyl (C=O) groups is 1. The Kier molecular flexibility index (Phi) is 4.99. The number of carbonyl (C=O) groups excluding carboxylic acids is 1. The van der Waals surface area contributed by atoms with Crippen LogP contribution in [0.15, 0.2) is 0 Å². The standard InChI is InChI=1S/C16H31NO/c1-15(2,3)14(18)13(17-16(4,5)6)12-10-8-7-9-11-12/h12-13,17H,7-11H2,1-6H3/t13-/m0/s1. The van der Waals surface area contributed by atoms with E-state index in [0.29, 0.717) is 11.7 Å². The van der Waals surface area contributed by atoms with Gasteiger partial charge in [0.05, 0.1) is 6.04 Å². The zero-order valence-corrected chi connectivity index (χ0v) is 13.1. The van der Waals surface area contributed by atoms with Crippen LogP contribution >= 0.6 is 0 Å². The molecule has 1 fully saturated rings. The van der Waals surface area contributed by atoms with E-state index in [2.05, 4.69) is 26.1 Å². The van der Waals surface area contributed by atoms with Gasteiger partial charge >= 0.3 is 0 Å². The van der Waals surface area contributed by atoms with Crippen LogP contribution in [0.1, 0.15) is 73.6 Å². The second kappa shape index (κ2) is 5.73. The highest BCUT2D eigenvalue weighted by atomic mass is 16.1. The van der Waals surface area contributed by atoms with Crippen molar-refractivity contribution >= 4 is 5.78 Å². The molecule has 0 heterocycles. The predicted octanol–water partition coefficient (Wildman–Crippen LogP) is 3.94. The first kappa shape index (κ1) is 15.7. The first-order chi connectivity index (χ1) is 8.11. The van der Waals surface area contributed by atoms with Crippen LogP contribution in [-0.2, 0) is 4.79 Å². The monoisotopic (exact) mass is 253 g/mol. The van der Waals surface area contributed by atoms with Crippen LogP contribution in [0.5, 0.6) is 0 Å². The van der Waals surface area contributed by atoms with Crippen molar-refractivity contribution < 1.29 is 4.79 Å². The van der Waals surface area contributed by atoms with Crippen LogP contribution < -0.4 is 5.32 Å². The van der Waals surface area contributed by atoms with Gasteiger partial charge in [-0.05, 0) is 39.5 Å². The molecule has 0 amide bonds. The Morgan fingerprint density at radius 3 is 1.89 bits per heavy atom. The van der Waals surface area contributed by atoms with Gasteiger partial charge in [0, 0.05) is 11.0 Å². The maximum atomic E-state index is 12.7. The van der Waals surface area contributed by atoms with Crippen molar-refractivity contribution in [3.8, 4) is 0 Å². The van der Waals surface area contributed by atoms with Gasteiger partial charge in [-0.25, -0.2) is 0 Å². The SMILES string of the molecule is CC(C)(C)N[C@H](C(=O)C(C)(C)C)C1CCCCC1. The van der Waals surface area contributed by atoms with Gasteiger partial charge < -0.3 is 5.32 Å². The minimum absolute atomic E-state index is 0.00300. The third-order valence-electron chi connectivity index (χ3n) is 3.73. The minimum atomic E-state index is -0.250. The molecule has 0 aromatic heterocycles. The number of nitrogens with one attached hydrogen (secondary N) is 1. The van der Waals surface area contributed by atoms with Gasteiger partial charge in [0.2, 0.25) is 0 Å². The van der Waals surface area contributed by atoms with Crippen LogP contribution in [-0.4, -0.2) is 17.4 Å². The van der Waals surface area contributed by atoms with Gasteiger partial charge in [-0.15, -0.1) is 0 Å². The zero-order valence-electron chi connectivity index (χ0n) is 13.1. The van der Waals surface area contributed by atoms with Gasteiger partial charge in [-0.2, -0.15) is 0 Å². The molecule has 0 saturated heterocycles. The molecule has 106 valence electrons. The maximum absolute atomic E-state index is 12.7. The van der Waals surface area contributed by atoms with Crippen LogP contribution in [0.25, 0.3) is 0 Å². The van der Waals surface area contributed by atoms with E-state index in [-0.39, 0.29) is 17.0 Å². The highest BCUT2D eigenvalue weighted by Crippen LogP contribution is 2.31. The van der Waals surface area contributed by atoms with E-state index in [1.54, 1.807) is 0 Å². The summed E-state index contributed by atoms with van der Waals surface area (Å²) in [6, 6.07) is 0.0327. The van der Waals surface area contributed by atoms with Crippen molar-refractivity contribution in [1.29, 1.82) is 0 Å². The summed E-state index contributed by atoms with van der Waals surface area (Å²) in [7, 11) is 0. The van der Waals surface area contributed by atoms with Crippen LogP contribution in [0.2, 0.25) is 0 Å². The van der Waals surface area contributed by atoms with E-state index in [0.717, 1.165) is 0 Å². The first-order valence-corrected chi connectivity index (χ1v) is 7.43. The molecule has 0 aromatic rings. The molecule has 2 heteroatoms. The van der Waals surface area contributed by atoms with Gasteiger partial charge in [-0.1, -0.05) is 40.0 Å². The molecule has 1 aliphatic carbocycles. The highest BCUT2D eigenvalue weighted by molar-refractivity contribution is 5.89. The zero-order chi connectivity index (χ0) is 14.0. The molecule has 0 aromatic carbocycles. The Bertz CT molecular complexity index is 276. The van der Waals surface area contributed by atoms with Gasteiger partial charge in [0.25, 0.3) is 0 Å². The summed E-state index contributed by atoms with van der Waals surface area (Å²) in [5, 5.41) is 3.58. The van der Waals surface area contributed by atoms with E-state index in [1.807, 2.05) is 20.8 Å². The molecule has 1 atom stereocenters. The number of Topliss-reactive ketones (excluding diaryl/α,β-unsaturated/α-hetero) is 1. The summed E-state index contributed by atoms with van der Waals surface area (Å²) in [6.07, 6.45) is 6.31. The lowest BCUT2D eigenvalue weighted by Crippen LogP contribution is -2.54.